The molecule has 2 N–H and O–H groups in total. The van der Waals surface area contributed by atoms with Gasteiger partial charge in [-0.25, -0.2) is 4.79 Å². The molecule has 2 amide bonds. The van der Waals surface area contributed by atoms with E-state index in [0.717, 1.165) is 0 Å². The van der Waals surface area contributed by atoms with Crippen molar-refractivity contribution in [2.45, 2.75) is 13.2 Å². The summed E-state index contributed by atoms with van der Waals surface area (Å²) in [6.45, 7) is -2.82. The first-order valence-electron chi connectivity index (χ1n) is 7.11. The SMILES string of the molecule is O=C(NCc1nnc2ccccn12)Nc1ccc(OC(F)F)c(Cl)c1. The molecular weight excluding hydrogens is 356 g/mol. The Labute approximate surface area is 145 Å². The number of hydrogen-bond donors (Lipinski definition) is 2. The first-order chi connectivity index (χ1) is 12.0. The standard InChI is InChI=1S/C15H12ClF2N5O2/c16-10-7-9(4-5-11(10)25-14(17)18)20-15(24)19-8-13-22-21-12-3-1-2-6-23(12)13/h1-7,14H,8H2,(H2,19,20,24). The molecule has 0 bridgehead atoms. The summed E-state index contributed by atoms with van der Waals surface area (Å²) < 4.78 is 30.3. The van der Waals surface area contributed by atoms with Gasteiger partial charge in [-0.1, -0.05) is 17.7 Å². The quantitative estimate of drug-likeness (QED) is 0.725. The van der Waals surface area contributed by atoms with Crippen LogP contribution < -0.4 is 15.4 Å². The van der Waals surface area contributed by atoms with Crippen LogP contribution in [0.2, 0.25) is 5.02 Å². The van der Waals surface area contributed by atoms with E-state index in [9.17, 15) is 13.6 Å². The molecule has 0 spiro atoms. The highest BCUT2D eigenvalue weighted by Crippen LogP contribution is 2.28. The van der Waals surface area contributed by atoms with E-state index in [0.29, 0.717) is 17.2 Å². The predicted octanol–water partition coefficient (Wildman–Crippen LogP) is 3.31. The lowest BCUT2D eigenvalue weighted by molar-refractivity contribution is -0.0497. The molecule has 0 fully saturated rings. The molecule has 10 heteroatoms. The number of pyridine rings is 1. The highest BCUT2D eigenvalue weighted by atomic mass is 35.5. The van der Waals surface area contributed by atoms with E-state index in [1.165, 1.54) is 18.2 Å². The molecule has 130 valence electrons. The number of halogens is 3. The first kappa shape index (κ1) is 16.9. The summed E-state index contributed by atoms with van der Waals surface area (Å²) in [5.41, 5.74) is 0.997. The number of ether oxygens (including phenoxy) is 1. The molecule has 7 nitrogen and oxygen atoms in total. The molecule has 0 aliphatic rings. The second-order valence-electron chi connectivity index (χ2n) is 4.88. The van der Waals surface area contributed by atoms with Crippen LogP contribution in [0, 0.1) is 0 Å². The summed E-state index contributed by atoms with van der Waals surface area (Å²) in [5.74, 6) is 0.391. The summed E-state index contributed by atoms with van der Waals surface area (Å²) in [4.78, 5) is 11.9. The van der Waals surface area contributed by atoms with Crippen molar-refractivity contribution in [1.82, 2.24) is 19.9 Å². The van der Waals surface area contributed by atoms with E-state index in [4.69, 9.17) is 11.6 Å². The number of hydrogen-bond acceptors (Lipinski definition) is 4. The van der Waals surface area contributed by atoms with Gasteiger partial charge in [0.25, 0.3) is 0 Å². The Morgan fingerprint density at radius 2 is 2.12 bits per heavy atom. The molecule has 2 aromatic heterocycles. The molecule has 0 atom stereocenters. The highest BCUT2D eigenvalue weighted by Gasteiger charge is 2.11. The fraction of sp³-hybridized carbons (Fsp3) is 0.133. The lowest BCUT2D eigenvalue weighted by atomic mass is 10.3. The number of carbonyl (C=O) groups is 1. The number of aromatic nitrogens is 3. The van der Waals surface area contributed by atoms with Gasteiger partial charge in [0.15, 0.2) is 11.5 Å². The number of anilines is 1. The third-order valence-corrected chi connectivity index (χ3v) is 3.49. The maximum atomic E-state index is 12.2. The first-order valence-corrected chi connectivity index (χ1v) is 7.48. The molecule has 3 aromatic rings. The van der Waals surface area contributed by atoms with Gasteiger partial charge in [0.1, 0.15) is 5.75 Å². The number of nitrogens with one attached hydrogen (secondary N) is 2. The van der Waals surface area contributed by atoms with Crippen LogP contribution in [0.1, 0.15) is 5.82 Å². The summed E-state index contributed by atoms with van der Waals surface area (Å²) in [7, 11) is 0. The summed E-state index contributed by atoms with van der Waals surface area (Å²) in [6, 6.07) is 8.90. The van der Waals surface area contributed by atoms with Crippen molar-refractivity contribution in [1.29, 1.82) is 0 Å². The zero-order valence-corrected chi connectivity index (χ0v) is 13.4. The lowest BCUT2D eigenvalue weighted by Crippen LogP contribution is -2.29. The number of amides is 2. The molecule has 0 unspecified atom stereocenters. The van der Waals surface area contributed by atoms with Crippen molar-refractivity contribution >= 4 is 29.0 Å². The molecule has 3 rings (SSSR count). The number of carbonyl (C=O) groups excluding carboxylic acids is 1. The number of fused-ring (bicyclic) bond motifs is 1. The van der Waals surface area contributed by atoms with Gasteiger partial charge < -0.3 is 15.4 Å². The van der Waals surface area contributed by atoms with Gasteiger partial charge in [-0.05, 0) is 30.3 Å². The lowest BCUT2D eigenvalue weighted by Gasteiger charge is -2.10. The van der Waals surface area contributed by atoms with Crippen LogP contribution in [0.4, 0.5) is 19.3 Å². The highest BCUT2D eigenvalue weighted by molar-refractivity contribution is 6.32. The monoisotopic (exact) mass is 367 g/mol. The number of benzene rings is 1. The van der Waals surface area contributed by atoms with Crippen molar-refractivity contribution in [2.75, 3.05) is 5.32 Å². The third-order valence-electron chi connectivity index (χ3n) is 3.20. The Morgan fingerprint density at radius 1 is 1.28 bits per heavy atom. The van der Waals surface area contributed by atoms with E-state index in [-0.39, 0.29) is 17.3 Å². The van der Waals surface area contributed by atoms with E-state index in [2.05, 4.69) is 25.6 Å². The minimum atomic E-state index is -2.97. The van der Waals surface area contributed by atoms with Crippen LogP contribution in [0.3, 0.4) is 0 Å². The molecule has 2 heterocycles. The van der Waals surface area contributed by atoms with Crippen LogP contribution in [-0.4, -0.2) is 27.2 Å². The van der Waals surface area contributed by atoms with Gasteiger partial charge in [0.05, 0.1) is 11.6 Å². The Kier molecular flexibility index (Phi) is 4.94. The van der Waals surface area contributed by atoms with Crippen LogP contribution in [0.15, 0.2) is 42.6 Å². The minimum Gasteiger partial charge on any atom is -0.433 e. The fourth-order valence-electron chi connectivity index (χ4n) is 2.12. The predicted molar refractivity (Wildman–Crippen MR) is 86.9 cm³/mol. The van der Waals surface area contributed by atoms with E-state index in [1.807, 2.05) is 12.1 Å². The molecule has 1 aromatic carbocycles. The maximum absolute atomic E-state index is 12.2. The van der Waals surface area contributed by atoms with Crippen LogP contribution in [-0.2, 0) is 6.54 Å². The van der Waals surface area contributed by atoms with Crippen LogP contribution in [0.25, 0.3) is 5.65 Å². The minimum absolute atomic E-state index is 0.0402. The fourth-order valence-corrected chi connectivity index (χ4v) is 2.34. The average Bonchev–Trinajstić information content (AvgIpc) is 2.98. The average molecular weight is 368 g/mol. The molecule has 0 aliphatic carbocycles. The van der Waals surface area contributed by atoms with Gasteiger partial charge in [-0.3, -0.25) is 4.40 Å². The van der Waals surface area contributed by atoms with E-state index >= 15 is 0 Å². The Hall–Kier alpha value is -2.94. The molecule has 0 saturated heterocycles. The van der Waals surface area contributed by atoms with E-state index < -0.39 is 12.6 Å². The molecule has 0 radical (unpaired) electrons. The van der Waals surface area contributed by atoms with Gasteiger partial charge in [0, 0.05) is 11.9 Å². The third kappa shape index (κ3) is 4.13. The van der Waals surface area contributed by atoms with Gasteiger partial charge in [0.2, 0.25) is 0 Å². The Morgan fingerprint density at radius 3 is 2.88 bits per heavy atom. The van der Waals surface area contributed by atoms with Crippen molar-refractivity contribution in [2.24, 2.45) is 0 Å². The topological polar surface area (TPSA) is 80.6 Å². The molecule has 0 saturated carbocycles. The zero-order valence-electron chi connectivity index (χ0n) is 12.6. The number of alkyl halides is 2. The maximum Gasteiger partial charge on any atom is 0.387 e. The normalized spacial score (nSPS) is 10.9. The molecule has 0 aliphatic heterocycles. The number of urea groups is 1. The second-order valence-corrected chi connectivity index (χ2v) is 5.28. The molecule has 25 heavy (non-hydrogen) atoms. The van der Waals surface area contributed by atoms with Crippen molar-refractivity contribution < 1.29 is 18.3 Å². The summed E-state index contributed by atoms with van der Waals surface area (Å²) >= 11 is 5.83. The number of rotatable bonds is 5. The van der Waals surface area contributed by atoms with Gasteiger partial charge in [-0.15, -0.1) is 10.2 Å². The molecular formula is C15H12ClF2N5O2. The van der Waals surface area contributed by atoms with Gasteiger partial charge >= 0.3 is 12.6 Å². The zero-order chi connectivity index (χ0) is 17.8. The Bertz CT molecular complexity index is 903. The summed E-state index contributed by atoms with van der Waals surface area (Å²) in [5, 5.41) is 13.1. The van der Waals surface area contributed by atoms with E-state index in [1.54, 1.807) is 16.7 Å². The van der Waals surface area contributed by atoms with Crippen molar-refractivity contribution in [3.05, 3.63) is 53.4 Å². The number of nitrogens with zero attached hydrogens (tertiary/aromatic N) is 3. The largest absolute Gasteiger partial charge is 0.433 e. The van der Waals surface area contributed by atoms with Crippen molar-refractivity contribution in [3.63, 3.8) is 0 Å². The Balaban J connectivity index is 1.60. The smallest absolute Gasteiger partial charge is 0.387 e. The van der Waals surface area contributed by atoms with Gasteiger partial charge in [-0.2, -0.15) is 8.78 Å². The van der Waals surface area contributed by atoms with Crippen LogP contribution in [0.5, 0.6) is 5.75 Å². The van der Waals surface area contributed by atoms with Crippen LogP contribution >= 0.6 is 11.6 Å². The second kappa shape index (κ2) is 7.31. The summed E-state index contributed by atoms with van der Waals surface area (Å²) in [6.07, 6.45) is 1.78. The van der Waals surface area contributed by atoms with Crippen molar-refractivity contribution in [3.8, 4) is 5.75 Å².